The fourth-order valence-electron chi connectivity index (χ4n) is 1.66. The molecule has 0 aliphatic carbocycles. The molecule has 1 saturated heterocycles. The van der Waals surface area contributed by atoms with Crippen LogP contribution in [0.1, 0.15) is 18.9 Å². The Morgan fingerprint density at radius 1 is 1.60 bits per heavy atom. The van der Waals surface area contributed by atoms with Gasteiger partial charge in [-0.25, -0.2) is 4.98 Å². The minimum atomic E-state index is 0.224. The van der Waals surface area contributed by atoms with E-state index in [0.29, 0.717) is 11.6 Å². The van der Waals surface area contributed by atoms with Gasteiger partial charge in [0.1, 0.15) is 11.9 Å². The van der Waals surface area contributed by atoms with Gasteiger partial charge in [-0.05, 0) is 25.5 Å². The topological polar surface area (TPSA) is 57.9 Å². The Morgan fingerprint density at radius 2 is 2.47 bits per heavy atom. The lowest BCUT2D eigenvalue weighted by molar-refractivity contribution is 0.121. The first kappa shape index (κ1) is 9.94. The van der Waals surface area contributed by atoms with E-state index in [1.807, 2.05) is 19.1 Å². The van der Waals surface area contributed by atoms with Gasteiger partial charge in [0.2, 0.25) is 0 Å². The second-order valence-electron chi connectivity index (χ2n) is 3.66. The summed E-state index contributed by atoms with van der Waals surface area (Å²) in [5.41, 5.74) is 0.580. The van der Waals surface area contributed by atoms with Gasteiger partial charge in [0, 0.05) is 12.8 Å². The highest BCUT2D eigenvalue weighted by atomic mass is 16.5. The summed E-state index contributed by atoms with van der Waals surface area (Å²) < 4.78 is 5.44. The van der Waals surface area contributed by atoms with Gasteiger partial charge in [-0.1, -0.05) is 0 Å². The molecule has 78 valence electrons. The highest BCUT2D eigenvalue weighted by molar-refractivity contribution is 5.40. The molecule has 15 heavy (non-hydrogen) atoms. The van der Waals surface area contributed by atoms with Gasteiger partial charge in [-0.3, -0.25) is 0 Å². The van der Waals surface area contributed by atoms with Crippen LogP contribution in [0, 0.1) is 11.3 Å². The summed E-state index contributed by atoms with van der Waals surface area (Å²) in [6.07, 6.45) is 2.80. The van der Waals surface area contributed by atoms with Crippen molar-refractivity contribution in [2.75, 3.05) is 11.9 Å². The number of pyridine rings is 1. The highest BCUT2D eigenvalue weighted by Gasteiger charge is 2.23. The minimum Gasteiger partial charge on any atom is -0.376 e. The molecule has 2 atom stereocenters. The molecular formula is C11H13N3O. The summed E-state index contributed by atoms with van der Waals surface area (Å²) >= 11 is 0. The van der Waals surface area contributed by atoms with Gasteiger partial charge in [0.15, 0.2) is 0 Å². The molecule has 2 rings (SSSR count). The molecule has 2 unspecified atom stereocenters. The summed E-state index contributed by atoms with van der Waals surface area (Å²) in [5, 5.41) is 11.9. The van der Waals surface area contributed by atoms with E-state index >= 15 is 0 Å². The van der Waals surface area contributed by atoms with E-state index in [1.54, 1.807) is 12.3 Å². The molecule has 2 heterocycles. The molecule has 4 heteroatoms. The van der Waals surface area contributed by atoms with Gasteiger partial charge >= 0.3 is 0 Å². The molecule has 0 amide bonds. The van der Waals surface area contributed by atoms with Crippen molar-refractivity contribution >= 4 is 5.82 Å². The monoisotopic (exact) mass is 203 g/mol. The second-order valence-corrected chi connectivity index (χ2v) is 3.66. The standard InChI is InChI=1S/C11H13N3O/c1-8-10(4-5-15-8)14-11-3-2-9(6-12)7-13-11/h2-3,7-8,10H,4-5H2,1H3,(H,13,14). The van der Waals surface area contributed by atoms with Gasteiger partial charge < -0.3 is 10.1 Å². The molecule has 1 fully saturated rings. The zero-order valence-electron chi connectivity index (χ0n) is 8.60. The van der Waals surface area contributed by atoms with Crippen molar-refractivity contribution in [1.82, 2.24) is 4.98 Å². The molecule has 0 bridgehead atoms. The third-order valence-corrected chi connectivity index (χ3v) is 2.60. The van der Waals surface area contributed by atoms with Gasteiger partial charge in [0.05, 0.1) is 17.7 Å². The van der Waals surface area contributed by atoms with Gasteiger partial charge in [0.25, 0.3) is 0 Å². The van der Waals surface area contributed by atoms with Crippen molar-refractivity contribution in [3.05, 3.63) is 23.9 Å². The van der Waals surface area contributed by atoms with Gasteiger partial charge in [-0.2, -0.15) is 5.26 Å². The summed E-state index contributed by atoms with van der Waals surface area (Å²) in [4.78, 5) is 4.16. The van der Waals surface area contributed by atoms with E-state index in [2.05, 4.69) is 10.3 Å². The van der Waals surface area contributed by atoms with Crippen molar-refractivity contribution < 1.29 is 4.74 Å². The summed E-state index contributed by atoms with van der Waals surface area (Å²) in [5.74, 6) is 0.802. The van der Waals surface area contributed by atoms with Crippen LogP contribution in [0.25, 0.3) is 0 Å². The highest BCUT2D eigenvalue weighted by Crippen LogP contribution is 2.17. The second kappa shape index (κ2) is 4.28. The maximum atomic E-state index is 8.62. The van der Waals surface area contributed by atoms with E-state index in [4.69, 9.17) is 10.00 Å². The Hall–Kier alpha value is -1.60. The van der Waals surface area contributed by atoms with Crippen molar-refractivity contribution in [2.24, 2.45) is 0 Å². The van der Waals surface area contributed by atoms with Crippen LogP contribution in [0.5, 0.6) is 0 Å². The Morgan fingerprint density at radius 3 is 3.00 bits per heavy atom. The molecule has 1 aliphatic rings. The zero-order chi connectivity index (χ0) is 10.7. The first-order chi connectivity index (χ1) is 7.29. The van der Waals surface area contributed by atoms with E-state index < -0.39 is 0 Å². The normalized spacial score (nSPS) is 24.8. The molecule has 0 spiro atoms. The quantitative estimate of drug-likeness (QED) is 0.792. The smallest absolute Gasteiger partial charge is 0.126 e. The van der Waals surface area contributed by atoms with Crippen LogP contribution in [-0.4, -0.2) is 23.7 Å². The predicted molar refractivity (Wildman–Crippen MR) is 56.4 cm³/mol. The Kier molecular flexibility index (Phi) is 2.84. The molecule has 1 aromatic heterocycles. The average Bonchev–Trinajstić information content (AvgIpc) is 2.66. The third kappa shape index (κ3) is 2.25. The maximum Gasteiger partial charge on any atom is 0.126 e. The Bertz CT molecular complexity index is 368. The van der Waals surface area contributed by atoms with E-state index in [-0.39, 0.29) is 6.10 Å². The van der Waals surface area contributed by atoms with Crippen LogP contribution < -0.4 is 5.32 Å². The van der Waals surface area contributed by atoms with Crippen molar-refractivity contribution in [1.29, 1.82) is 5.26 Å². The number of nitrogens with one attached hydrogen (secondary N) is 1. The first-order valence-corrected chi connectivity index (χ1v) is 5.04. The van der Waals surface area contributed by atoms with E-state index in [1.165, 1.54) is 0 Å². The number of anilines is 1. The molecular weight excluding hydrogens is 190 g/mol. The zero-order valence-corrected chi connectivity index (χ0v) is 8.60. The van der Waals surface area contributed by atoms with Crippen molar-refractivity contribution in [3.63, 3.8) is 0 Å². The van der Waals surface area contributed by atoms with E-state index in [9.17, 15) is 0 Å². The van der Waals surface area contributed by atoms with Crippen LogP contribution in [0.15, 0.2) is 18.3 Å². The summed E-state index contributed by atoms with van der Waals surface area (Å²) in [7, 11) is 0. The van der Waals surface area contributed by atoms with Crippen LogP contribution in [0.2, 0.25) is 0 Å². The Labute approximate surface area is 88.9 Å². The number of nitriles is 1. The fourth-order valence-corrected chi connectivity index (χ4v) is 1.66. The molecule has 1 N–H and O–H groups in total. The van der Waals surface area contributed by atoms with Gasteiger partial charge in [-0.15, -0.1) is 0 Å². The van der Waals surface area contributed by atoms with Crippen LogP contribution in [0.4, 0.5) is 5.82 Å². The lowest BCUT2D eigenvalue weighted by Crippen LogP contribution is -2.27. The maximum absolute atomic E-state index is 8.62. The predicted octanol–water partition coefficient (Wildman–Crippen LogP) is 1.54. The number of ether oxygens (including phenoxy) is 1. The third-order valence-electron chi connectivity index (χ3n) is 2.60. The summed E-state index contributed by atoms with van der Waals surface area (Å²) in [6, 6.07) is 5.95. The lowest BCUT2D eigenvalue weighted by atomic mass is 10.1. The summed E-state index contributed by atoms with van der Waals surface area (Å²) in [6.45, 7) is 2.85. The fraction of sp³-hybridized carbons (Fsp3) is 0.455. The molecule has 0 aromatic carbocycles. The number of aromatic nitrogens is 1. The molecule has 0 radical (unpaired) electrons. The van der Waals surface area contributed by atoms with Crippen LogP contribution in [0.3, 0.4) is 0 Å². The lowest BCUT2D eigenvalue weighted by Gasteiger charge is -2.16. The average molecular weight is 203 g/mol. The number of rotatable bonds is 2. The van der Waals surface area contributed by atoms with Crippen LogP contribution in [-0.2, 0) is 4.74 Å². The molecule has 1 aromatic rings. The van der Waals surface area contributed by atoms with Crippen molar-refractivity contribution in [2.45, 2.75) is 25.5 Å². The van der Waals surface area contributed by atoms with E-state index in [0.717, 1.165) is 18.8 Å². The number of hydrogen-bond acceptors (Lipinski definition) is 4. The molecule has 0 saturated carbocycles. The van der Waals surface area contributed by atoms with Crippen molar-refractivity contribution in [3.8, 4) is 6.07 Å². The Balaban J connectivity index is 2.02. The SMILES string of the molecule is CC1OCCC1Nc1ccc(C#N)cn1. The minimum absolute atomic E-state index is 0.224. The number of nitrogens with zero attached hydrogens (tertiary/aromatic N) is 2. The first-order valence-electron chi connectivity index (χ1n) is 5.04. The number of hydrogen-bond donors (Lipinski definition) is 1. The largest absolute Gasteiger partial charge is 0.376 e. The molecule has 1 aliphatic heterocycles. The molecule has 4 nitrogen and oxygen atoms in total. The van der Waals surface area contributed by atoms with Crippen LogP contribution >= 0.6 is 0 Å².